The Hall–Kier alpha value is -2.63. The van der Waals surface area contributed by atoms with E-state index in [4.69, 9.17) is 4.74 Å². The third-order valence-electron chi connectivity index (χ3n) is 4.61. The number of benzene rings is 1. The highest BCUT2D eigenvalue weighted by atomic mass is 16.5. The monoisotopic (exact) mass is 360 g/mol. The van der Waals surface area contributed by atoms with Crippen LogP contribution in [0.4, 0.5) is 0 Å². The van der Waals surface area contributed by atoms with Crippen molar-refractivity contribution in [3.05, 3.63) is 41.5 Å². The molecule has 140 valence electrons. The van der Waals surface area contributed by atoms with E-state index in [0.717, 1.165) is 37.7 Å². The molecule has 0 saturated heterocycles. The highest BCUT2D eigenvalue weighted by molar-refractivity contribution is 5.95. The molecular formula is C20H24O6. The van der Waals surface area contributed by atoms with Gasteiger partial charge in [0.05, 0.1) is 12.3 Å². The minimum Gasteiger partial charge on any atom is -0.481 e. The number of hydrogen-bond donors (Lipinski definition) is 2. The summed E-state index contributed by atoms with van der Waals surface area (Å²) in [6, 6.07) is 6.75. The highest BCUT2D eigenvalue weighted by Crippen LogP contribution is 2.28. The molecule has 1 aromatic rings. The molecule has 0 spiro atoms. The lowest BCUT2D eigenvalue weighted by Crippen LogP contribution is -2.27. The largest absolute Gasteiger partial charge is 0.481 e. The van der Waals surface area contributed by atoms with E-state index in [0.29, 0.717) is 5.75 Å². The summed E-state index contributed by atoms with van der Waals surface area (Å²) >= 11 is 0. The molecule has 1 aliphatic carbocycles. The van der Waals surface area contributed by atoms with Crippen LogP contribution in [-0.4, -0.2) is 28.1 Å². The zero-order valence-electron chi connectivity index (χ0n) is 14.8. The summed E-state index contributed by atoms with van der Waals surface area (Å²) in [6.45, 7) is 1.89. The number of esters is 1. The van der Waals surface area contributed by atoms with Crippen LogP contribution in [0.5, 0.6) is 5.75 Å². The van der Waals surface area contributed by atoms with Crippen LogP contribution in [0, 0.1) is 18.8 Å². The molecule has 1 atom stereocenters. The maximum atomic E-state index is 12.1. The molecule has 0 bridgehead atoms. The third-order valence-corrected chi connectivity index (χ3v) is 4.61. The van der Waals surface area contributed by atoms with E-state index in [1.807, 2.05) is 6.92 Å². The first kappa shape index (κ1) is 19.7. The number of allylic oxidation sites excluding steroid dienone is 1. The van der Waals surface area contributed by atoms with E-state index in [-0.39, 0.29) is 11.5 Å². The number of ether oxygens (including phenoxy) is 1. The fraction of sp³-hybridized carbons (Fsp3) is 0.450. The zero-order valence-corrected chi connectivity index (χ0v) is 14.8. The molecule has 2 N–H and O–H groups in total. The van der Waals surface area contributed by atoms with Crippen LogP contribution in [0.15, 0.2) is 35.9 Å². The lowest BCUT2D eigenvalue weighted by atomic mass is 9.85. The highest BCUT2D eigenvalue weighted by Gasteiger charge is 2.31. The van der Waals surface area contributed by atoms with Crippen LogP contribution >= 0.6 is 0 Å². The summed E-state index contributed by atoms with van der Waals surface area (Å²) < 4.78 is 5.15. The lowest BCUT2D eigenvalue weighted by Gasteiger charge is -2.20. The number of aliphatic carboxylic acids is 2. The van der Waals surface area contributed by atoms with Gasteiger partial charge in [0.25, 0.3) is 0 Å². The topological polar surface area (TPSA) is 101 Å². The Morgan fingerprint density at radius 2 is 1.73 bits per heavy atom. The van der Waals surface area contributed by atoms with Crippen molar-refractivity contribution in [3.8, 4) is 5.75 Å². The van der Waals surface area contributed by atoms with E-state index in [2.05, 4.69) is 0 Å². The Morgan fingerprint density at radius 1 is 1.12 bits per heavy atom. The number of rotatable bonds is 7. The van der Waals surface area contributed by atoms with E-state index >= 15 is 0 Å². The second-order valence-corrected chi connectivity index (χ2v) is 6.71. The molecule has 1 fully saturated rings. The molecule has 0 radical (unpaired) electrons. The maximum absolute atomic E-state index is 12.1. The molecule has 2 rings (SSSR count). The molecule has 6 nitrogen and oxygen atoms in total. The number of carboxylic acids is 2. The fourth-order valence-electron chi connectivity index (χ4n) is 3.17. The lowest BCUT2D eigenvalue weighted by molar-refractivity contribution is -0.147. The maximum Gasteiger partial charge on any atom is 0.332 e. The Morgan fingerprint density at radius 3 is 2.27 bits per heavy atom. The summed E-state index contributed by atoms with van der Waals surface area (Å²) in [5.41, 5.74) is 0.766. The fourth-order valence-corrected chi connectivity index (χ4v) is 3.17. The zero-order chi connectivity index (χ0) is 19.1. The molecule has 1 saturated carbocycles. The van der Waals surface area contributed by atoms with E-state index in [1.165, 1.54) is 6.08 Å². The van der Waals surface area contributed by atoms with Crippen LogP contribution in [0.1, 0.15) is 44.1 Å². The van der Waals surface area contributed by atoms with Crippen molar-refractivity contribution < 1.29 is 29.3 Å². The van der Waals surface area contributed by atoms with Gasteiger partial charge in [0, 0.05) is 5.57 Å². The first-order valence-electron chi connectivity index (χ1n) is 8.82. The van der Waals surface area contributed by atoms with Gasteiger partial charge in [-0.25, -0.2) is 4.79 Å². The molecule has 0 amide bonds. The Balaban J connectivity index is 2.12. The Bertz CT molecular complexity index is 683. The van der Waals surface area contributed by atoms with Gasteiger partial charge in [-0.1, -0.05) is 43.0 Å². The van der Waals surface area contributed by atoms with Gasteiger partial charge >= 0.3 is 17.9 Å². The predicted octanol–water partition coefficient (Wildman–Crippen LogP) is 3.58. The van der Waals surface area contributed by atoms with Gasteiger partial charge in [0.15, 0.2) is 0 Å². The normalized spacial score (nSPS) is 16.7. The quantitative estimate of drug-likeness (QED) is 0.438. The number of carbonyl (C=O) groups excluding carboxylic acids is 1. The third kappa shape index (κ3) is 5.72. The summed E-state index contributed by atoms with van der Waals surface area (Å²) in [4.78, 5) is 35.3. The van der Waals surface area contributed by atoms with Crippen LogP contribution < -0.4 is 4.74 Å². The second-order valence-electron chi connectivity index (χ2n) is 6.71. The predicted molar refractivity (Wildman–Crippen MR) is 94.9 cm³/mol. The van der Waals surface area contributed by atoms with Gasteiger partial charge in [0.2, 0.25) is 0 Å². The van der Waals surface area contributed by atoms with Crippen molar-refractivity contribution in [3.63, 3.8) is 0 Å². The van der Waals surface area contributed by atoms with E-state index in [9.17, 15) is 24.6 Å². The Kier molecular flexibility index (Phi) is 6.95. The first-order chi connectivity index (χ1) is 12.4. The van der Waals surface area contributed by atoms with Crippen LogP contribution in [0.2, 0.25) is 0 Å². The molecule has 6 heteroatoms. The summed E-state index contributed by atoms with van der Waals surface area (Å²) in [5, 5.41) is 18.9. The van der Waals surface area contributed by atoms with Gasteiger partial charge < -0.3 is 14.9 Å². The van der Waals surface area contributed by atoms with Crippen LogP contribution in [0.25, 0.3) is 0 Å². The number of carboxylic acid groups (broad SMARTS) is 2. The number of carbonyl (C=O) groups is 3. The van der Waals surface area contributed by atoms with E-state index < -0.39 is 30.2 Å². The van der Waals surface area contributed by atoms with Crippen molar-refractivity contribution in [2.24, 2.45) is 11.8 Å². The van der Waals surface area contributed by atoms with Crippen molar-refractivity contribution in [2.45, 2.75) is 45.4 Å². The summed E-state index contributed by atoms with van der Waals surface area (Å²) in [5.74, 6) is -4.48. The molecular weight excluding hydrogens is 336 g/mol. The minimum absolute atomic E-state index is 0.0461. The van der Waals surface area contributed by atoms with Gasteiger partial charge in [-0.2, -0.15) is 0 Å². The number of hydrogen-bond acceptors (Lipinski definition) is 4. The van der Waals surface area contributed by atoms with Gasteiger partial charge in [-0.15, -0.1) is 0 Å². The first-order valence-corrected chi connectivity index (χ1v) is 8.82. The van der Waals surface area contributed by atoms with Crippen LogP contribution in [0.3, 0.4) is 0 Å². The van der Waals surface area contributed by atoms with Crippen LogP contribution in [-0.2, 0) is 14.4 Å². The van der Waals surface area contributed by atoms with Crippen molar-refractivity contribution in [2.75, 3.05) is 0 Å². The van der Waals surface area contributed by atoms with Crippen molar-refractivity contribution in [1.82, 2.24) is 0 Å². The van der Waals surface area contributed by atoms with E-state index in [1.54, 1.807) is 24.3 Å². The van der Waals surface area contributed by atoms with Gasteiger partial charge in [0.1, 0.15) is 5.75 Å². The average Bonchev–Trinajstić information content (AvgIpc) is 2.60. The average molecular weight is 360 g/mol. The van der Waals surface area contributed by atoms with Gasteiger partial charge in [-0.05, 0) is 37.8 Å². The summed E-state index contributed by atoms with van der Waals surface area (Å²) in [6.07, 6.45) is 5.81. The second kappa shape index (κ2) is 9.17. The standard InChI is InChI=1S/C20H24O6/c1-13-7-9-15(10-8-13)26-18(21)12-17(20(24)25)16(19(22)23)11-14-5-3-2-4-6-14/h7-11,14,17H,2-6,12H2,1H3,(H,22,23)(H,24,25). The van der Waals surface area contributed by atoms with Gasteiger partial charge in [-0.3, -0.25) is 9.59 Å². The molecule has 0 heterocycles. The molecule has 1 aromatic carbocycles. The minimum atomic E-state index is -1.42. The molecule has 0 aromatic heterocycles. The number of aryl methyl sites for hydroxylation is 1. The SMILES string of the molecule is Cc1ccc(OC(=O)CC(C(=O)O)C(=CC2CCCCC2)C(=O)O)cc1. The molecule has 0 aliphatic heterocycles. The smallest absolute Gasteiger partial charge is 0.332 e. The van der Waals surface area contributed by atoms with Crippen molar-refractivity contribution in [1.29, 1.82) is 0 Å². The Labute approximate surface area is 152 Å². The summed E-state index contributed by atoms with van der Waals surface area (Å²) in [7, 11) is 0. The molecule has 1 unspecified atom stereocenters. The molecule has 26 heavy (non-hydrogen) atoms. The molecule has 1 aliphatic rings. The van der Waals surface area contributed by atoms with Crippen molar-refractivity contribution >= 4 is 17.9 Å².